The number of alkyl halides is 6. The summed E-state index contributed by atoms with van der Waals surface area (Å²) in [6, 6.07) is 6.83. The smallest absolute Gasteiger partial charge is 0.382 e. The van der Waals surface area contributed by atoms with E-state index in [1.807, 2.05) is 0 Å². The topological polar surface area (TPSA) is 67.4 Å². The van der Waals surface area contributed by atoms with E-state index in [2.05, 4.69) is 10.6 Å². The van der Waals surface area contributed by atoms with Crippen molar-refractivity contribution in [1.29, 1.82) is 0 Å². The van der Waals surface area contributed by atoms with Crippen molar-refractivity contribution < 1.29 is 40.7 Å². The van der Waals surface area contributed by atoms with Crippen molar-refractivity contribution in [3.63, 3.8) is 0 Å². The van der Waals surface area contributed by atoms with Gasteiger partial charge in [-0.05, 0) is 42.0 Å². The molecule has 1 unspecified atom stereocenters. The van der Waals surface area contributed by atoms with Gasteiger partial charge >= 0.3 is 12.4 Å². The quantitative estimate of drug-likeness (QED) is 0.631. The molecule has 2 aromatic rings. The van der Waals surface area contributed by atoms with E-state index in [1.54, 1.807) is 0 Å². The van der Waals surface area contributed by atoms with E-state index in [0.717, 1.165) is 36.4 Å². The number of ether oxygens (including phenoxy) is 1. The van der Waals surface area contributed by atoms with Gasteiger partial charge < -0.3 is 15.4 Å². The summed E-state index contributed by atoms with van der Waals surface area (Å²) in [5.74, 6) is -1.51. The third kappa shape index (κ3) is 6.99. The SMILES string of the molecule is COCC(NC(=O)CNC(=O)c1ccc(C(F)(F)F)cc1)c1cccc(C(F)(F)F)c1. The van der Waals surface area contributed by atoms with E-state index < -0.39 is 47.9 Å². The normalized spacial score (nSPS) is 12.9. The Morgan fingerprint density at radius 1 is 0.935 bits per heavy atom. The Bertz CT molecular complexity index is 910. The summed E-state index contributed by atoms with van der Waals surface area (Å²) in [6.07, 6.45) is -9.11. The second-order valence-corrected chi connectivity index (χ2v) is 6.46. The van der Waals surface area contributed by atoms with E-state index in [9.17, 15) is 35.9 Å². The van der Waals surface area contributed by atoms with Crippen LogP contribution in [0, 0.1) is 0 Å². The van der Waals surface area contributed by atoms with Crippen LogP contribution in [0.4, 0.5) is 26.3 Å². The minimum absolute atomic E-state index is 0.0906. The van der Waals surface area contributed by atoms with Gasteiger partial charge in [-0.15, -0.1) is 0 Å². The van der Waals surface area contributed by atoms with Gasteiger partial charge in [0.1, 0.15) is 0 Å². The maximum Gasteiger partial charge on any atom is 0.416 e. The zero-order valence-electron chi connectivity index (χ0n) is 16.1. The molecule has 168 valence electrons. The standard InChI is InChI=1S/C20H18F6N2O3/c1-31-11-16(13-3-2-4-15(9-13)20(24,25)26)28-17(29)10-27-18(30)12-5-7-14(8-6-12)19(21,22)23/h2-9,16H,10-11H2,1H3,(H,27,30)(H,28,29). The molecule has 0 aliphatic rings. The highest BCUT2D eigenvalue weighted by atomic mass is 19.4. The predicted molar refractivity (Wildman–Crippen MR) is 98.0 cm³/mol. The van der Waals surface area contributed by atoms with Gasteiger partial charge in [0.25, 0.3) is 5.91 Å². The second kappa shape index (κ2) is 9.82. The molecule has 2 N–H and O–H groups in total. The monoisotopic (exact) mass is 448 g/mol. The Hall–Kier alpha value is -3.08. The lowest BCUT2D eigenvalue weighted by Crippen LogP contribution is -2.40. The average molecular weight is 448 g/mol. The molecule has 5 nitrogen and oxygen atoms in total. The molecule has 1 atom stereocenters. The predicted octanol–water partition coefficient (Wildman–Crippen LogP) is 3.96. The third-order valence-corrected chi connectivity index (χ3v) is 4.17. The van der Waals surface area contributed by atoms with Crippen molar-refractivity contribution in [1.82, 2.24) is 10.6 Å². The van der Waals surface area contributed by atoms with Crippen molar-refractivity contribution in [2.45, 2.75) is 18.4 Å². The number of rotatable bonds is 7. The fourth-order valence-electron chi connectivity index (χ4n) is 2.64. The molecule has 0 aliphatic carbocycles. The van der Waals surface area contributed by atoms with E-state index in [1.165, 1.54) is 19.2 Å². The van der Waals surface area contributed by atoms with Crippen LogP contribution in [0.2, 0.25) is 0 Å². The molecule has 2 amide bonds. The lowest BCUT2D eigenvalue weighted by Gasteiger charge is -2.20. The number of carbonyl (C=O) groups excluding carboxylic acids is 2. The Labute approximate surface area is 173 Å². The van der Waals surface area contributed by atoms with Crippen LogP contribution in [-0.2, 0) is 21.9 Å². The summed E-state index contributed by atoms with van der Waals surface area (Å²) in [4.78, 5) is 24.2. The van der Waals surface area contributed by atoms with Crippen LogP contribution in [0.5, 0.6) is 0 Å². The zero-order valence-corrected chi connectivity index (χ0v) is 16.1. The first-order valence-corrected chi connectivity index (χ1v) is 8.82. The minimum atomic E-state index is -4.56. The van der Waals surface area contributed by atoms with Gasteiger partial charge in [-0.3, -0.25) is 9.59 Å². The summed E-state index contributed by atoms with van der Waals surface area (Å²) >= 11 is 0. The van der Waals surface area contributed by atoms with Crippen molar-refractivity contribution >= 4 is 11.8 Å². The molecule has 0 aromatic heterocycles. The Morgan fingerprint density at radius 3 is 2.10 bits per heavy atom. The first-order valence-electron chi connectivity index (χ1n) is 8.82. The Kier molecular flexibility index (Phi) is 7.66. The maximum atomic E-state index is 12.9. The van der Waals surface area contributed by atoms with Crippen molar-refractivity contribution in [2.75, 3.05) is 20.3 Å². The largest absolute Gasteiger partial charge is 0.416 e. The highest BCUT2D eigenvalue weighted by Gasteiger charge is 2.31. The molecular formula is C20H18F6N2O3. The van der Waals surface area contributed by atoms with Gasteiger partial charge in [-0.25, -0.2) is 0 Å². The van der Waals surface area contributed by atoms with Crippen LogP contribution in [0.15, 0.2) is 48.5 Å². The third-order valence-electron chi connectivity index (χ3n) is 4.17. The van der Waals surface area contributed by atoms with Crippen LogP contribution < -0.4 is 10.6 Å². The first-order chi connectivity index (χ1) is 14.4. The fraction of sp³-hybridized carbons (Fsp3) is 0.300. The van der Waals surface area contributed by atoms with Gasteiger partial charge in [-0.1, -0.05) is 12.1 Å². The summed E-state index contributed by atoms with van der Waals surface area (Å²) in [7, 11) is 1.30. The number of carbonyl (C=O) groups is 2. The van der Waals surface area contributed by atoms with Gasteiger partial charge in [-0.2, -0.15) is 26.3 Å². The summed E-state index contributed by atoms with van der Waals surface area (Å²) in [6.45, 7) is -0.668. The molecule has 0 radical (unpaired) electrons. The number of hydrogen-bond donors (Lipinski definition) is 2. The molecule has 0 aliphatic heterocycles. The Balaban J connectivity index is 2.00. The van der Waals surface area contributed by atoms with Gasteiger partial charge in [0.2, 0.25) is 5.91 Å². The van der Waals surface area contributed by atoms with Gasteiger partial charge in [0, 0.05) is 12.7 Å². The van der Waals surface area contributed by atoms with E-state index in [-0.39, 0.29) is 17.7 Å². The molecule has 0 heterocycles. The molecule has 0 saturated heterocycles. The number of benzene rings is 2. The molecule has 11 heteroatoms. The van der Waals surface area contributed by atoms with Crippen molar-refractivity contribution in [3.8, 4) is 0 Å². The van der Waals surface area contributed by atoms with Crippen LogP contribution in [0.1, 0.15) is 33.1 Å². The number of amides is 2. The number of halogens is 6. The highest BCUT2D eigenvalue weighted by molar-refractivity contribution is 5.96. The van der Waals surface area contributed by atoms with E-state index >= 15 is 0 Å². The average Bonchev–Trinajstić information content (AvgIpc) is 2.70. The minimum Gasteiger partial charge on any atom is -0.382 e. The second-order valence-electron chi connectivity index (χ2n) is 6.46. The molecule has 0 spiro atoms. The van der Waals surface area contributed by atoms with Crippen LogP contribution in [0.3, 0.4) is 0 Å². The number of nitrogens with one attached hydrogen (secondary N) is 2. The molecule has 2 rings (SSSR count). The Morgan fingerprint density at radius 2 is 1.55 bits per heavy atom. The van der Waals surface area contributed by atoms with E-state index in [4.69, 9.17) is 4.74 Å². The molecule has 31 heavy (non-hydrogen) atoms. The van der Waals surface area contributed by atoms with Crippen molar-refractivity contribution in [3.05, 3.63) is 70.8 Å². The molecule has 2 aromatic carbocycles. The van der Waals surface area contributed by atoms with Crippen molar-refractivity contribution in [2.24, 2.45) is 0 Å². The maximum absolute atomic E-state index is 12.9. The molecule has 0 bridgehead atoms. The fourth-order valence-corrected chi connectivity index (χ4v) is 2.64. The highest BCUT2D eigenvalue weighted by Crippen LogP contribution is 2.31. The van der Waals surface area contributed by atoms with Gasteiger partial charge in [0.15, 0.2) is 0 Å². The van der Waals surface area contributed by atoms with E-state index in [0.29, 0.717) is 0 Å². The number of hydrogen-bond acceptors (Lipinski definition) is 3. The summed E-state index contributed by atoms with van der Waals surface area (Å²) in [5, 5.41) is 4.69. The number of methoxy groups -OCH3 is 1. The van der Waals surface area contributed by atoms with Crippen LogP contribution in [-0.4, -0.2) is 32.1 Å². The summed E-state index contributed by atoms with van der Waals surface area (Å²) in [5.41, 5.74) is -1.76. The first kappa shape index (κ1) is 24.2. The molecule has 0 fully saturated rings. The lowest BCUT2D eigenvalue weighted by atomic mass is 10.0. The van der Waals surface area contributed by atoms with Crippen LogP contribution in [0.25, 0.3) is 0 Å². The molecular weight excluding hydrogens is 430 g/mol. The van der Waals surface area contributed by atoms with Crippen LogP contribution >= 0.6 is 0 Å². The molecule has 0 saturated carbocycles. The lowest BCUT2D eigenvalue weighted by molar-refractivity contribution is -0.138. The zero-order chi connectivity index (χ0) is 23.2. The van der Waals surface area contributed by atoms with Gasteiger partial charge in [0.05, 0.1) is 30.3 Å². The summed E-state index contributed by atoms with van der Waals surface area (Å²) < 4.78 is 81.4.